The van der Waals surface area contributed by atoms with Gasteiger partial charge in [-0.05, 0) is 26.0 Å². The summed E-state index contributed by atoms with van der Waals surface area (Å²) < 4.78 is 4.84. The number of aliphatic imine (C=N–C) groups is 1. The molecule has 9 nitrogen and oxygen atoms in total. The molecule has 0 saturated heterocycles. The van der Waals surface area contributed by atoms with Gasteiger partial charge in [-0.2, -0.15) is 5.26 Å². The van der Waals surface area contributed by atoms with Gasteiger partial charge in [0.15, 0.2) is 0 Å². The van der Waals surface area contributed by atoms with Gasteiger partial charge in [0, 0.05) is 25.4 Å². The van der Waals surface area contributed by atoms with Crippen LogP contribution in [-0.4, -0.2) is 63.5 Å². The predicted octanol–water partition coefficient (Wildman–Crippen LogP) is -0.125. The van der Waals surface area contributed by atoms with E-state index >= 15 is 0 Å². The molecule has 1 amide bonds. The Hall–Kier alpha value is -2.80. The van der Waals surface area contributed by atoms with E-state index in [1.54, 1.807) is 31.4 Å². The lowest BCUT2D eigenvalue weighted by atomic mass is 10.1. The number of amides is 1. The molecule has 0 bridgehead atoms. The third kappa shape index (κ3) is 7.84. The molecule has 1 aliphatic carbocycles. The van der Waals surface area contributed by atoms with Gasteiger partial charge in [-0.25, -0.2) is 0 Å². The highest BCUT2D eigenvalue weighted by molar-refractivity contribution is 6.46. The zero-order chi connectivity index (χ0) is 21.6. The van der Waals surface area contributed by atoms with Gasteiger partial charge in [-0.1, -0.05) is 18.2 Å². The van der Waals surface area contributed by atoms with Crippen LogP contribution in [0.15, 0.2) is 29.3 Å². The summed E-state index contributed by atoms with van der Waals surface area (Å²) in [5.41, 5.74) is 11.2. The first-order valence-corrected chi connectivity index (χ1v) is 8.63. The molecule has 1 unspecified atom stereocenters. The summed E-state index contributed by atoms with van der Waals surface area (Å²) in [6, 6.07) is 8.06. The number of benzene rings is 1. The Kier molecular flexibility index (Phi) is 12.0. The number of methoxy groups -OCH3 is 1. The van der Waals surface area contributed by atoms with Crippen molar-refractivity contribution >= 4 is 23.6 Å². The van der Waals surface area contributed by atoms with Crippen molar-refractivity contribution < 1.29 is 19.4 Å². The number of nitrogens with two attached hydrogens (primary N) is 2. The number of aldehydes is 1. The van der Waals surface area contributed by atoms with Crippen LogP contribution in [0.25, 0.3) is 0 Å². The highest BCUT2D eigenvalue weighted by Gasteiger charge is 2.43. The number of para-hydroxylation sites is 1. The quantitative estimate of drug-likeness (QED) is 0.286. The Morgan fingerprint density at radius 3 is 2.43 bits per heavy atom. The van der Waals surface area contributed by atoms with Gasteiger partial charge in [0.05, 0.1) is 24.7 Å². The fourth-order valence-corrected chi connectivity index (χ4v) is 2.13. The summed E-state index contributed by atoms with van der Waals surface area (Å²) in [4.78, 5) is 26.3. The second-order valence-corrected chi connectivity index (χ2v) is 5.88. The van der Waals surface area contributed by atoms with Crippen LogP contribution in [0.5, 0.6) is 0 Å². The lowest BCUT2D eigenvalue weighted by Gasteiger charge is -2.12. The molecule has 1 aromatic carbocycles. The third-order valence-electron chi connectivity index (χ3n) is 3.84. The number of hydrogen-bond donors (Lipinski definition) is 4. The molecule has 154 valence electrons. The zero-order valence-electron chi connectivity index (χ0n) is 16.5. The number of aliphatic hydroxyl groups excluding tert-OH is 1. The van der Waals surface area contributed by atoms with E-state index in [0.29, 0.717) is 24.1 Å². The second-order valence-electron chi connectivity index (χ2n) is 5.88. The number of carbonyl (C=O) groups is 2. The third-order valence-corrected chi connectivity index (χ3v) is 3.84. The Bertz CT molecular complexity index is 696. The van der Waals surface area contributed by atoms with Gasteiger partial charge < -0.3 is 31.4 Å². The highest BCUT2D eigenvalue weighted by Crippen LogP contribution is 2.44. The Labute approximate surface area is 165 Å². The molecule has 6 N–H and O–H groups in total. The van der Waals surface area contributed by atoms with Gasteiger partial charge in [-0.15, -0.1) is 0 Å². The maximum atomic E-state index is 11.9. The fraction of sp³-hybridized carbons (Fsp3) is 0.474. The van der Waals surface area contributed by atoms with Gasteiger partial charge in [-0.3, -0.25) is 9.79 Å². The molecule has 0 aliphatic heterocycles. The van der Waals surface area contributed by atoms with Crippen molar-refractivity contribution in [2.75, 3.05) is 40.2 Å². The molecule has 1 aromatic rings. The van der Waals surface area contributed by atoms with Crippen molar-refractivity contribution in [2.45, 2.75) is 18.9 Å². The summed E-state index contributed by atoms with van der Waals surface area (Å²) in [5.74, 6) is -0.554. The van der Waals surface area contributed by atoms with Crippen LogP contribution in [0, 0.1) is 16.7 Å². The van der Waals surface area contributed by atoms with Crippen molar-refractivity contribution in [2.24, 2.45) is 16.1 Å². The van der Waals surface area contributed by atoms with Crippen LogP contribution in [-0.2, 0) is 14.3 Å². The number of rotatable bonds is 7. The molecule has 1 aliphatic rings. The van der Waals surface area contributed by atoms with E-state index in [1.807, 2.05) is 0 Å². The van der Waals surface area contributed by atoms with Crippen LogP contribution in [0.1, 0.15) is 18.4 Å². The first-order valence-electron chi connectivity index (χ1n) is 8.63. The highest BCUT2D eigenvalue weighted by atomic mass is 16.5. The molecular weight excluding hydrogens is 362 g/mol. The predicted molar refractivity (Wildman–Crippen MR) is 108 cm³/mol. The number of nitrogens with one attached hydrogen (secondary N) is 1. The minimum absolute atomic E-state index is 0.0747. The largest absolute Gasteiger partial charge is 0.398 e. The first kappa shape index (κ1) is 25.2. The zero-order valence-corrected chi connectivity index (χ0v) is 16.5. The standard InChI is InChI=1S/C12H15N3O3.C6H9NO.CH5N/c1-14-11(9-4-2-3-5-10(9)13)12(18)15-8(6-16)7-17;1-8-5-6(4-7)2-3-6;1-2/h2-6,8,17H,7,13H2,1H3,(H,15,18);2-3,5H2,1H3;2H2,1H3. The van der Waals surface area contributed by atoms with Crippen LogP contribution in [0.2, 0.25) is 0 Å². The number of nitrogen functional groups attached to an aromatic ring is 1. The van der Waals surface area contributed by atoms with Crippen LogP contribution < -0.4 is 16.8 Å². The van der Waals surface area contributed by atoms with Gasteiger partial charge in [0.1, 0.15) is 18.0 Å². The number of ether oxygens (including phenoxy) is 1. The molecule has 1 atom stereocenters. The summed E-state index contributed by atoms with van der Waals surface area (Å²) in [7, 11) is 4.59. The molecule has 1 saturated carbocycles. The lowest BCUT2D eigenvalue weighted by molar-refractivity contribution is -0.119. The minimum atomic E-state index is -0.945. The normalized spacial score (nSPS) is 14.8. The number of nitriles is 1. The number of aliphatic hydroxyl groups is 1. The van der Waals surface area contributed by atoms with Crippen LogP contribution >= 0.6 is 0 Å². The maximum Gasteiger partial charge on any atom is 0.270 e. The van der Waals surface area contributed by atoms with E-state index in [0.717, 1.165) is 12.8 Å². The summed E-state index contributed by atoms with van der Waals surface area (Å²) in [6.07, 6.45) is 2.51. The van der Waals surface area contributed by atoms with Crippen molar-refractivity contribution in [1.82, 2.24) is 5.32 Å². The Balaban J connectivity index is 0.000000604. The molecule has 28 heavy (non-hydrogen) atoms. The van der Waals surface area contributed by atoms with E-state index in [4.69, 9.17) is 20.8 Å². The second kappa shape index (κ2) is 13.4. The number of carbonyl (C=O) groups excluding carboxylic acids is 2. The molecular formula is C19H29N5O4. The van der Waals surface area contributed by atoms with Crippen molar-refractivity contribution in [3.05, 3.63) is 29.8 Å². The topological polar surface area (TPSA) is 164 Å². The van der Waals surface area contributed by atoms with Crippen molar-refractivity contribution in [3.8, 4) is 6.07 Å². The monoisotopic (exact) mass is 391 g/mol. The number of nitrogens with zero attached hydrogens (tertiary/aromatic N) is 2. The van der Waals surface area contributed by atoms with E-state index in [9.17, 15) is 9.59 Å². The smallest absolute Gasteiger partial charge is 0.270 e. The molecule has 0 heterocycles. The molecule has 1 fully saturated rings. The van der Waals surface area contributed by atoms with Crippen LogP contribution in [0.4, 0.5) is 5.69 Å². The first-order chi connectivity index (χ1) is 13.5. The molecule has 0 radical (unpaired) electrons. The van der Waals surface area contributed by atoms with E-state index in [1.165, 1.54) is 14.1 Å². The van der Waals surface area contributed by atoms with E-state index in [2.05, 4.69) is 22.1 Å². The lowest BCUT2D eigenvalue weighted by Crippen LogP contribution is -2.42. The van der Waals surface area contributed by atoms with Crippen LogP contribution in [0.3, 0.4) is 0 Å². The van der Waals surface area contributed by atoms with Crippen molar-refractivity contribution in [1.29, 1.82) is 5.26 Å². The Morgan fingerprint density at radius 1 is 1.46 bits per heavy atom. The molecule has 9 heteroatoms. The summed E-state index contributed by atoms with van der Waals surface area (Å²) >= 11 is 0. The fourth-order valence-electron chi connectivity index (χ4n) is 2.13. The molecule has 2 rings (SSSR count). The Morgan fingerprint density at radius 2 is 2.07 bits per heavy atom. The molecule has 0 spiro atoms. The molecule has 0 aromatic heterocycles. The van der Waals surface area contributed by atoms with Crippen molar-refractivity contribution in [3.63, 3.8) is 0 Å². The summed E-state index contributed by atoms with van der Waals surface area (Å²) in [5, 5.41) is 19.7. The summed E-state index contributed by atoms with van der Waals surface area (Å²) in [6.45, 7) is 0.153. The maximum absolute atomic E-state index is 11.9. The van der Waals surface area contributed by atoms with Gasteiger partial charge in [0.2, 0.25) is 0 Å². The number of anilines is 1. The van der Waals surface area contributed by atoms with E-state index in [-0.39, 0.29) is 11.1 Å². The average molecular weight is 391 g/mol. The van der Waals surface area contributed by atoms with E-state index < -0.39 is 18.6 Å². The minimum Gasteiger partial charge on any atom is -0.398 e. The van der Waals surface area contributed by atoms with Gasteiger partial charge in [0.25, 0.3) is 5.91 Å². The number of hydrogen-bond acceptors (Lipinski definition) is 8. The average Bonchev–Trinajstić information content (AvgIpc) is 3.50. The SMILES string of the molecule is CN.CN=C(C(=O)NC(C=O)CO)c1ccccc1N.COCC1(C#N)CC1. The van der Waals surface area contributed by atoms with Gasteiger partial charge >= 0.3 is 0 Å².